The van der Waals surface area contributed by atoms with Gasteiger partial charge >= 0.3 is 5.97 Å². The Bertz CT molecular complexity index is 494. The lowest BCUT2D eigenvalue weighted by molar-refractivity contribution is -0.131. The Morgan fingerprint density at radius 2 is 2.00 bits per heavy atom. The zero-order valence-electron chi connectivity index (χ0n) is 11.4. The molecule has 0 bridgehead atoms. The number of carboxylic acid groups (broad SMARTS) is 1. The van der Waals surface area contributed by atoms with Crippen molar-refractivity contribution in [3.05, 3.63) is 53.1 Å². The lowest BCUT2D eigenvalue weighted by Crippen LogP contribution is -1.92. The first-order valence-electron chi connectivity index (χ1n) is 6.10. The molecule has 1 N–H and O–H groups in total. The van der Waals surface area contributed by atoms with Crippen molar-refractivity contribution in [3.8, 4) is 0 Å². The number of allylic oxidation sites excluding steroid dienone is 3. The van der Waals surface area contributed by atoms with Crippen LogP contribution in [0.4, 0.5) is 0 Å². The number of hydrogen-bond acceptors (Lipinski definition) is 1. The van der Waals surface area contributed by atoms with Crippen LogP contribution in [0.1, 0.15) is 43.4 Å². The fraction of sp³-hybridized carbons (Fsp3) is 0.312. The fourth-order valence-electron chi connectivity index (χ4n) is 1.79. The Labute approximate surface area is 109 Å². The van der Waals surface area contributed by atoms with Crippen molar-refractivity contribution in [1.82, 2.24) is 0 Å². The number of benzene rings is 1. The molecule has 1 aromatic rings. The summed E-state index contributed by atoms with van der Waals surface area (Å²) in [6.07, 6.45) is 4.55. The van der Waals surface area contributed by atoms with E-state index in [1.165, 1.54) is 16.7 Å². The topological polar surface area (TPSA) is 37.3 Å². The summed E-state index contributed by atoms with van der Waals surface area (Å²) in [7, 11) is 0. The van der Waals surface area contributed by atoms with E-state index >= 15 is 0 Å². The van der Waals surface area contributed by atoms with Gasteiger partial charge in [0.25, 0.3) is 0 Å². The molecule has 1 rings (SSSR count). The maximum Gasteiger partial charge on any atom is 0.328 e. The highest BCUT2D eigenvalue weighted by atomic mass is 16.4. The molecule has 0 heterocycles. The van der Waals surface area contributed by atoms with Gasteiger partial charge in [-0.1, -0.05) is 44.2 Å². The Morgan fingerprint density at radius 1 is 1.33 bits per heavy atom. The Morgan fingerprint density at radius 3 is 2.56 bits per heavy atom. The average Bonchev–Trinajstić information content (AvgIpc) is 2.28. The molecule has 18 heavy (non-hydrogen) atoms. The van der Waals surface area contributed by atoms with Gasteiger partial charge < -0.3 is 5.11 Å². The minimum absolute atomic E-state index is 0.492. The van der Waals surface area contributed by atoms with E-state index in [0.29, 0.717) is 5.92 Å². The molecule has 0 saturated heterocycles. The van der Waals surface area contributed by atoms with Gasteiger partial charge in [-0.3, -0.25) is 0 Å². The van der Waals surface area contributed by atoms with E-state index in [1.807, 2.05) is 13.0 Å². The first-order valence-corrected chi connectivity index (χ1v) is 6.10. The number of carboxylic acids is 1. The van der Waals surface area contributed by atoms with Crippen LogP contribution in [0.25, 0.3) is 5.57 Å². The smallest absolute Gasteiger partial charge is 0.328 e. The van der Waals surface area contributed by atoms with Crippen LogP contribution in [0.15, 0.2) is 36.4 Å². The van der Waals surface area contributed by atoms with Crippen molar-refractivity contribution in [2.75, 3.05) is 0 Å². The molecule has 0 aliphatic heterocycles. The minimum Gasteiger partial charge on any atom is -0.478 e. The SMILES string of the molecule is C/C(=C\C=C\C(=O)O)c1cc(C(C)C)ccc1C. The molecule has 2 heteroatoms. The zero-order chi connectivity index (χ0) is 13.7. The van der Waals surface area contributed by atoms with Crippen molar-refractivity contribution in [3.63, 3.8) is 0 Å². The van der Waals surface area contributed by atoms with Gasteiger partial charge in [0, 0.05) is 6.08 Å². The zero-order valence-corrected chi connectivity index (χ0v) is 11.4. The Hall–Kier alpha value is -1.83. The van der Waals surface area contributed by atoms with Gasteiger partial charge in [-0.15, -0.1) is 0 Å². The van der Waals surface area contributed by atoms with E-state index in [4.69, 9.17) is 5.11 Å². The lowest BCUT2D eigenvalue weighted by Gasteiger charge is -2.11. The predicted molar refractivity (Wildman–Crippen MR) is 75.7 cm³/mol. The van der Waals surface area contributed by atoms with E-state index in [0.717, 1.165) is 11.6 Å². The third-order valence-corrected chi connectivity index (χ3v) is 2.94. The molecule has 0 radical (unpaired) electrons. The molecule has 2 nitrogen and oxygen atoms in total. The number of aliphatic carboxylic acids is 1. The molecule has 0 unspecified atom stereocenters. The van der Waals surface area contributed by atoms with Gasteiger partial charge in [-0.25, -0.2) is 4.79 Å². The van der Waals surface area contributed by atoms with Crippen molar-refractivity contribution < 1.29 is 9.90 Å². The molecular weight excluding hydrogens is 224 g/mol. The third-order valence-electron chi connectivity index (χ3n) is 2.94. The lowest BCUT2D eigenvalue weighted by atomic mass is 9.94. The number of rotatable bonds is 4. The van der Waals surface area contributed by atoms with Crippen molar-refractivity contribution in [2.24, 2.45) is 0 Å². The molecule has 0 saturated carbocycles. The monoisotopic (exact) mass is 244 g/mol. The van der Waals surface area contributed by atoms with Crippen molar-refractivity contribution >= 4 is 11.5 Å². The highest BCUT2D eigenvalue weighted by Crippen LogP contribution is 2.24. The van der Waals surface area contributed by atoms with Crippen LogP contribution < -0.4 is 0 Å². The summed E-state index contributed by atoms with van der Waals surface area (Å²) >= 11 is 0. The van der Waals surface area contributed by atoms with Crippen LogP contribution >= 0.6 is 0 Å². The first kappa shape index (κ1) is 14.2. The molecule has 1 aromatic carbocycles. The summed E-state index contributed by atoms with van der Waals surface area (Å²) in [6, 6.07) is 6.44. The normalized spacial score (nSPS) is 12.4. The molecule has 0 amide bonds. The molecular formula is C16H20O2. The van der Waals surface area contributed by atoms with E-state index in [2.05, 4.69) is 39.0 Å². The van der Waals surface area contributed by atoms with Gasteiger partial charge in [-0.05, 0) is 42.0 Å². The molecule has 0 aromatic heterocycles. The first-order chi connectivity index (χ1) is 8.41. The molecule has 0 fully saturated rings. The summed E-state index contributed by atoms with van der Waals surface area (Å²) in [5.41, 5.74) is 4.76. The van der Waals surface area contributed by atoms with Crippen LogP contribution in [-0.2, 0) is 4.79 Å². The summed E-state index contributed by atoms with van der Waals surface area (Å²) in [5.74, 6) is -0.432. The fourth-order valence-corrected chi connectivity index (χ4v) is 1.79. The summed E-state index contributed by atoms with van der Waals surface area (Å²) < 4.78 is 0. The van der Waals surface area contributed by atoms with E-state index < -0.39 is 5.97 Å². The molecule has 0 aliphatic rings. The Kier molecular flexibility index (Phi) is 4.90. The summed E-state index contributed by atoms with van der Waals surface area (Å²) in [6.45, 7) is 8.39. The summed E-state index contributed by atoms with van der Waals surface area (Å²) in [5, 5.41) is 8.55. The highest BCUT2D eigenvalue weighted by molar-refractivity contribution is 5.81. The van der Waals surface area contributed by atoms with E-state index in [-0.39, 0.29) is 0 Å². The second kappa shape index (κ2) is 6.20. The highest BCUT2D eigenvalue weighted by Gasteiger charge is 2.04. The van der Waals surface area contributed by atoms with Crippen LogP contribution in [-0.4, -0.2) is 11.1 Å². The van der Waals surface area contributed by atoms with E-state index in [1.54, 1.807) is 6.08 Å². The predicted octanol–water partition coefficient (Wildman–Crippen LogP) is 4.16. The summed E-state index contributed by atoms with van der Waals surface area (Å²) in [4.78, 5) is 10.4. The number of hydrogen-bond donors (Lipinski definition) is 1. The molecule has 96 valence electrons. The van der Waals surface area contributed by atoms with Crippen LogP contribution in [0.2, 0.25) is 0 Å². The maximum atomic E-state index is 10.4. The van der Waals surface area contributed by atoms with Gasteiger partial charge in [0.15, 0.2) is 0 Å². The van der Waals surface area contributed by atoms with Gasteiger partial charge in [0.1, 0.15) is 0 Å². The third kappa shape index (κ3) is 3.88. The minimum atomic E-state index is -0.924. The second-order valence-corrected chi connectivity index (χ2v) is 4.78. The van der Waals surface area contributed by atoms with Crippen LogP contribution in [0.5, 0.6) is 0 Å². The van der Waals surface area contributed by atoms with Gasteiger partial charge in [0.2, 0.25) is 0 Å². The van der Waals surface area contributed by atoms with Crippen molar-refractivity contribution in [1.29, 1.82) is 0 Å². The maximum absolute atomic E-state index is 10.4. The number of carbonyl (C=O) groups is 1. The number of aryl methyl sites for hydroxylation is 1. The van der Waals surface area contributed by atoms with E-state index in [9.17, 15) is 4.79 Å². The van der Waals surface area contributed by atoms with Crippen molar-refractivity contribution in [2.45, 2.75) is 33.6 Å². The quantitative estimate of drug-likeness (QED) is 0.637. The second-order valence-electron chi connectivity index (χ2n) is 4.78. The largest absolute Gasteiger partial charge is 0.478 e. The molecule has 0 aliphatic carbocycles. The van der Waals surface area contributed by atoms with Gasteiger partial charge in [0.05, 0.1) is 0 Å². The standard InChI is InChI=1S/C16H20O2/c1-11(2)14-9-8-13(4)15(10-14)12(3)6-5-7-16(17)18/h5-11H,1-4H3,(H,17,18)/b7-5+,12-6+. The average molecular weight is 244 g/mol. The van der Waals surface area contributed by atoms with Crippen LogP contribution in [0, 0.1) is 6.92 Å². The Balaban J connectivity index is 3.08. The molecule has 0 spiro atoms. The molecule has 0 atom stereocenters. The van der Waals surface area contributed by atoms with Gasteiger partial charge in [-0.2, -0.15) is 0 Å². The van der Waals surface area contributed by atoms with Crippen LogP contribution in [0.3, 0.4) is 0 Å².